The maximum atomic E-state index is 13.1. The van der Waals surface area contributed by atoms with E-state index in [-0.39, 0.29) is 0 Å². The Hall–Kier alpha value is -2.76. The Morgan fingerprint density at radius 1 is 0.929 bits per heavy atom. The van der Waals surface area contributed by atoms with E-state index < -0.39 is 11.6 Å². The molecule has 5 heteroatoms. The second-order valence-corrected chi connectivity index (χ2v) is 7.86. The molecule has 0 saturated carbocycles. The second-order valence-electron chi connectivity index (χ2n) is 7.86. The number of carbonyl (C=O) groups excluding carboxylic acids is 2. The van der Waals surface area contributed by atoms with Gasteiger partial charge in [-0.3, -0.25) is 14.5 Å². The number of Topliss-reactive ketones (excluding diaryl/α,β-unsaturated/α-hetero) is 2. The second kappa shape index (κ2) is 6.40. The minimum atomic E-state index is -0.450. The van der Waals surface area contributed by atoms with E-state index in [1.165, 1.54) is 0 Å². The monoisotopic (exact) mass is 374 g/mol. The molecule has 0 bridgehead atoms. The molecular weight excluding hydrogens is 352 g/mol. The number of fused-ring (bicyclic) bond motifs is 5. The van der Waals surface area contributed by atoms with Crippen LogP contribution in [-0.2, 0) is 6.54 Å². The number of piperazine rings is 1. The number of aryl methyl sites for hydroxylation is 1. The molecule has 1 aliphatic carbocycles. The number of ketones is 2. The van der Waals surface area contributed by atoms with Gasteiger partial charge in [0.25, 0.3) is 0 Å². The molecule has 0 N–H and O–H groups in total. The maximum Gasteiger partial charge on any atom is 0.237 e. The summed E-state index contributed by atoms with van der Waals surface area (Å²) in [5.41, 5.74) is 3.54. The van der Waals surface area contributed by atoms with E-state index >= 15 is 0 Å². The Balaban J connectivity index is 1.61. The lowest BCUT2D eigenvalue weighted by molar-refractivity contribution is 0.0814. The molecule has 0 amide bonds. The summed E-state index contributed by atoms with van der Waals surface area (Å²) in [4.78, 5) is 30.7. The van der Waals surface area contributed by atoms with E-state index in [1.807, 2.05) is 37.3 Å². The van der Waals surface area contributed by atoms with Gasteiger partial charge in [-0.25, -0.2) is 0 Å². The van der Waals surface area contributed by atoms with Gasteiger partial charge >= 0.3 is 0 Å². The van der Waals surface area contributed by atoms with Crippen LogP contribution in [0.25, 0.3) is 22.1 Å². The molecule has 1 aliphatic heterocycles. The average Bonchev–Trinajstić information content (AvgIpc) is 3.11. The first kappa shape index (κ1) is 17.3. The SMILES string of the molecule is Cc1cccc2c3c(ccc12)-c1occ(CN2CCN(C)CC2)c1C(=O)C3=O. The zero-order valence-corrected chi connectivity index (χ0v) is 16.1. The Morgan fingerprint density at radius 3 is 2.46 bits per heavy atom. The largest absolute Gasteiger partial charge is 0.463 e. The van der Waals surface area contributed by atoms with Crippen LogP contribution in [0.5, 0.6) is 0 Å². The van der Waals surface area contributed by atoms with Crippen LogP contribution in [0.2, 0.25) is 0 Å². The molecule has 2 aromatic carbocycles. The van der Waals surface area contributed by atoms with Crippen LogP contribution in [0.3, 0.4) is 0 Å². The van der Waals surface area contributed by atoms with Crippen molar-refractivity contribution < 1.29 is 14.0 Å². The molecule has 0 spiro atoms. The van der Waals surface area contributed by atoms with Gasteiger partial charge in [0.15, 0.2) is 0 Å². The number of hydrogen-bond donors (Lipinski definition) is 0. The van der Waals surface area contributed by atoms with Crippen LogP contribution in [0.4, 0.5) is 0 Å². The third kappa shape index (κ3) is 2.54. The molecular formula is C23H22N2O3. The number of likely N-dealkylation sites (N-methyl/N-ethyl adjacent to an activating group) is 1. The van der Waals surface area contributed by atoms with Crippen LogP contribution in [0.1, 0.15) is 31.8 Å². The van der Waals surface area contributed by atoms with Crippen molar-refractivity contribution in [2.45, 2.75) is 13.5 Å². The third-order valence-electron chi connectivity index (χ3n) is 6.04. The molecule has 5 nitrogen and oxygen atoms in total. The van der Waals surface area contributed by atoms with Crippen molar-refractivity contribution in [3.63, 3.8) is 0 Å². The summed E-state index contributed by atoms with van der Waals surface area (Å²) < 4.78 is 5.86. The maximum absolute atomic E-state index is 13.1. The predicted molar refractivity (Wildman–Crippen MR) is 108 cm³/mol. The summed E-state index contributed by atoms with van der Waals surface area (Å²) in [6.45, 7) is 6.53. The van der Waals surface area contributed by atoms with Crippen molar-refractivity contribution >= 4 is 22.3 Å². The molecule has 142 valence electrons. The smallest absolute Gasteiger partial charge is 0.237 e. The fourth-order valence-electron chi connectivity index (χ4n) is 4.38. The van der Waals surface area contributed by atoms with Crippen LogP contribution in [-0.4, -0.2) is 54.6 Å². The highest BCUT2D eigenvalue weighted by Gasteiger charge is 2.37. The van der Waals surface area contributed by atoms with Gasteiger partial charge in [0, 0.05) is 49.4 Å². The molecule has 1 fully saturated rings. The van der Waals surface area contributed by atoms with E-state index in [4.69, 9.17) is 4.42 Å². The van der Waals surface area contributed by atoms with Gasteiger partial charge in [-0.1, -0.05) is 24.3 Å². The van der Waals surface area contributed by atoms with Crippen molar-refractivity contribution in [1.29, 1.82) is 0 Å². The Labute approximate surface area is 163 Å². The van der Waals surface area contributed by atoms with Crippen molar-refractivity contribution in [2.75, 3.05) is 33.2 Å². The van der Waals surface area contributed by atoms with E-state index in [2.05, 4.69) is 16.8 Å². The van der Waals surface area contributed by atoms with Gasteiger partial charge in [0.05, 0.1) is 11.8 Å². The first-order valence-corrected chi connectivity index (χ1v) is 9.67. The standard InChI is InChI=1S/C23H22N2O3/c1-14-4-3-5-17-16(14)6-7-18-20(17)22(27)21(26)19-15(13-28-23(18)19)12-25-10-8-24(2)9-11-25/h3-7,13H,8-12H2,1-2H3. The highest BCUT2D eigenvalue weighted by Crippen LogP contribution is 2.40. The zero-order valence-electron chi connectivity index (χ0n) is 16.1. The quantitative estimate of drug-likeness (QED) is 0.642. The van der Waals surface area contributed by atoms with Gasteiger partial charge in [-0.2, -0.15) is 0 Å². The number of carbonyl (C=O) groups is 2. The lowest BCUT2D eigenvalue weighted by atomic mass is 9.83. The first-order valence-electron chi connectivity index (χ1n) is 9.67. The van der Waals surface area contributed by atoms with Crippen LogP contribution >= 0.6 is 0 Å². The van der Waals surface area contributed by atoms with E-state index in [0.717, 1.165) is 53.6 Å². The summed E-state index contributed by atoms with van der Waals surface area (Å²) in [6, 6.07) is 9.77. The molecule has 1 aromatic heterocycles. The van der Waals surface area contributed by atoms with Crippen molar-refractivity contribution in [1.82, 2.24) is 9.80 Å². The first-order chi connectivity index (χ1) is 13.5. The number of nitrogens with zero attached hydrogens (tertiary/aromatic N) is 2. The number of benzene rings is 2. The molecule has 0 atom stereocenters. The zero-order chi connectivity index (χ0) is 19.4. The summed E-state index contributed by atoms with van der Waals surface area (Å²) in [6.07, 6.45) is 1.66. The fourth-order valence-corrected chi connectivity index (χ4v) is 4.38. The number of hydrogen-bond acceptors (Lipinski definition) is 5. The molecule has 1 saturated heterocycles. The van der Waals surface area contributed by atoms with Crippen LogP contribution < -0.4 is 0 Å². The highest BCUT2D eigenvalue weighted by atomic mass is 16.3. The predicted octanol–water partition coefficient (Wildman–Crippen LogP) is 3.53. The van der Waals surface area contributed by atoms with Gasteiger partial charge in [0.1, 0.15) is 5.76 Å². The van der Waals surface area contributed by atoms with Gasteiger partial charge < -0.3 is 9.32 Å². The highest BCUT2D eigenvalue weighted by molar-refractivity contribution is 6.54. The van der Waals surface area contributed by atoms with Crippen LogP contribution in [0.15, 0.2) is 41.0 Å². The van der Waals surface area contributed by atoms with E-state index in [9.17, 15) is 9.59 Å². The minimum Gasteiger partial charge on any atom is -0.463 e. The van der Waals surface area contributed by atoms with Crippen LogP contribution in [0, 0.1) is 6.92 Å². The van der Waals surface area contributed by atoms with Gasteiger partial charge in [-0.05, 0) is 36.4 Å². The lowest BCUT2D eigenvalue weighted by Gasteiger charge is -2.32. The van der Waals surface area contributed by atoms with Crippen molar-refractivity contribution in [3.8, 4) is 11.3 Å². The third-order valence-corrected chi connectivity index (χ3v) is 6.04. The molecule has 0 radical (unpaired) electrons. The summed E-state index contributed by atoms with van der Waals surface area (Å²) in [7, 11) is 2.11. The molecule has 2 aliphatic rings. The summed E-state index contributed by atoms with van der Waals surface area (Å²) in [5.74, 6) is -0.346. The van der Waals surface area contributed by atoms with Gasteiger partial charge in [0.2, 0.25) is 11.6 Å². The minimum absolute atomic E-state index is 0.431. The fraction of sp³-hybridized carbons (Fsp3) is 0.304. The van der Waals surface area contributed by atoms with E-state index in [1.54, 1.807) is 6.26 Å². The van der Waals surface area contributed by atoms with Crippen molar-refractivity contribution in [2.24, 2.45) is 0 Å². The summed E-state index contributed by atoms with van der Waals surface area (Å²) in [5, 5.41) is 1.81. The van der Waals surface area contributed by atoms with Gasteiger partial charge in [-0.15, -0.1) is 0 Å². The molecule has 3 aromatic rings. The van der Waals surface area contributed by atoms with Crippen molar-refractivity contribution in [3.05, 3.63) is 58.8 Å². The normalized spacial score (nSPS) is 17.8. The molecule has 0 unspecified atom stereocenters. The molecule has 5 rings (SSSR count). The summed E-state index contributed by atoms with van der Waals surface area (Å²) >= 11 is 0. The molecule has 2 heterocycles. The number of furan rings is 1. The topological polar surface area (TPSA) is 53.8 Å². The number of rotatable bonds is 2. The Kier molecular flexibility index (Phi) is 3.96. The molecule has 28 heavy (non-hydrogen) atoms. The lowest BCUT2D eigenvalue weighted by Crippen LogP contribution is -2.44. The average molecular weight is 374 g/mol. The Morgan fingerprint density at radius 2 is 1.68 bits per heavy atom. The van der Waals surface area contributed by atoms with E-state index in [0.29, 0.717) is 23.4 Å². The Bertz CT molecular complexity index is 1120.